The summed E-state index contributed by atoms with van der Waals surface area (Å²) >= 11 is 5.73. The Hall–Kier alpha value is -3.13. The summed E-state index contributed by atoms with van der Waals surface area (Å²) in [5, 5.41) is 11.2. The maximum Gasteiger partial charge on any atom is 0.283 e. The molecule has 32 heavy (non-hydrogen) atoms. The quantitative estimate of drug-likeness (QED) is 0.454. The van der Waals surface area contributed by atoms with Gasteiger partial charge in [-0.15, -0.1) is 0 Å². The lowest BCUT2D eigenvalue weighted by molar-refractivity contribution is -0.385. The van der Waals surface area contributed by atoms with Gasteiger partial charge in [0.05, 0.1) is 4.92 Å². The third kappa shape index (κ3) is 7.23. The smallest absolute Gasteiger partial charge is 0.283 e. The number of benzene rings is 2. The highest BCUT2D eigenvalue weighted by atomic mass is 35.5. The Balaban J connectivity index is 1.90. The highest BCUT2D eigenvalue weighted by Gasteiger charge is 2.27. The molecular weight excluding hydrogens is 434 g/mol. The number of hydrazine groups is 1. The summed E-state index contributed by atoms with van der Waals surface area (Å²) in [4.78, 5) is 34.5. The van der Waals surface area contributed by atoms with Crippen molar-refractivity contribution < 1.29 is 19.2 Å². The first kappa shape index (κ1) is 25.1. The van der Waals surface area contributed by atoms with E-state index < -0.39 is 22.4 Å². The lowest BCUT2D eigenvalue weighted by Crippen LogP contribution is -2.44. The zero-order valence-electron chi connectivity index (χ0n) is 18.8. The molecule has 0 bridgehead atoms. The van der Waals surface area contributed by atoms with Crippen molar-refractivity contribution in [3.8, 4) is 5.75 Å². The van der Waals surface area contributed by atoms with Crippen LogP contribution >= 0.6 is 11.6 Å². The number of halogens is 1. The standard InChI is InChI=1S/C23H28ClN3O5/c1-22(2,3)14-23(4,5)15-6-9-17(10-7-15)32-13-20(28)25-26-21(29)18-11-8-16(24)12-19(18)27(30)31/h6-12H,13-14H2,1-5H3,(H,25,28)(H,26,29). The average molecular weight is 462 g/mol. The summed E-state index contributed by atoms with van der Waals surface area (Å²) in [7, 11) is 0. The molecule has 0 unspecified atom stereocenters. The van der Waals surface area contributed by atoms with E-state index in [1.165, 1.54) is 17.7 Å². The topological polar surface area (TPSA) is 111 Å². The largest absolute Gasteiger partial charge is 0.484 e. The van der Waals surface area contributed by atoms with Gasteiger partial charge >= 0.3 is 0 Å². The molecule has 9 heteroatoms. The summed E-state index contributed by atoms with van der Waals surface area (Å²) in [5.74, 6) is -0.950. The molecular formula is C23H28ClN3O5. The predicted octanol–water partition coefficient (Wildman–Crippen LogP) is 4.80. The summed E-state index contributed by atoms with van der Waals surface area (Å²) in [6.45, 7) is 10.6. The van der Waals surface area contributed by atoms with Gasteiger partial charge in [-0.05, 0) is 47.1 Å². The Morgan fingerprint density at radius 1 is 1.03 bits per heavy atom. The summed E-state index contributed by atoms with van der Waals surface area (Å²) in [6.07, 6.45) is 1.01. The number of ether oxygens (including phenoxy) is 1. The Morgan fingerprint density at radius 2 is 1.66 bits per heavy atom. The van der Waals surface area contributed by atoms with E-state index in [1.54, 1.807) is 12.1 Å². The molecule has 0 atom stereocenters. The van der Waals surface area contributed by atoms with E-state index >= 15 is 0 Å². The number of nitrogens with zero attached hydrogens (tertiary/aromatic N) is 1. The second-order valence-corrected chi connectivity index (χ2v) is 9.79. The minimum Gasteiger partial charge on any atom is -0.484 e. The van der Waals surface area contributed by atoms with Gasteiger partial charge in [0, 0.05) is 11.1 Å². The summed E-state index contributed by atoms with van der Waals surface area (Å²) < 4.78 is 5.46. The summed E-state index contributed by atoms with van der Waals surface area (Å²) in [6, 6.07) is 11.2. The molecule has 2 aromatic carbocycles. The molecule has 2 N–H and O–H groups in total. The molecule has 0 heterocycles. The number of nitro groups is 1. The molecule has 2 rings (SSSR count). The van der Waals surface area contributed by atoms with E-state index in [-0.39, 0.29) is 28.0 Å². The van der Waals surface area contributed by atoms with Crippen LogP contribution in [-0.2, 0) is 10.2 Å². The van der Waals surface area contributed by atoms with E-state index in [0.29, 0.717) is 5.75 Å². The molecule has 0 fully saturated rings. The van der Waals surface area contributed by atoms with E-state index in [2.05, 4.69) is 45.5 Å². The fourth-order valence-electron chi connectivity index (χ4n) is 3.66. The average Bonchev–Trinajstić information content (AvgIpc) is 2.69. The van der Waals surface area contributed by atoms with Gasteiger partial charge in [0.25, 0.3) is 17.5 Å². The van der Waals surface area contributed by atoms with Crippen LogP contribution in [0.25, 0.3) is 0 Å². The Labute approximate surface area is 192 Å². The minimum absolute atomic E-state index is 0.0112. The molecule has 0 saturated carbocycles. The van der Waals surface area contributed by atoms with Crippen LogP contribution in [0.3, 0.4) is 0 Å². The van der Waals surface area contributed by atoms with Crippen molar-refractivity contribution in [2.45, 2.75) is 46.5 Å². The third-order valence-corrected chi connectivity index (χ3v) is 4.93. The van der Waals surface area contributed by atoms with Crippen molar-refractivity contribution in [1.82, 2.24) is 10.9 Å². The number of nitrogens with one attached hydrogen (secondary N) is 2. The van der Waals surface area contributed by atoms with E-state index in [4.69, 9.17) is 16.3 Å². The van der Waals surface area contributed by atoms with E-state index in [9.17, 15) is 19.7 Å². The van der Waals surface area contributed by atoms with Crippen molar-refractivity contribution in [2.75, 3.05) is 6.61 Å². The monoisotopic (exact) mass is 461 g/mol. The van der Waals surface area contributed by atoms with Crippen molar-refractivity contribution in [1.29, 1.82) is 0 Å². The van der Waals surface area contributed by atoms with Gasteiger partial charge in [-0.25, -0.2) is 0 Å². The predicted molar refractivity (Wildman–Crippen MR) is 123 cm³/mol. The first-order valence-corrected chi connectivity index (χ1v) is 10.4. The first-order chi connectivity index (χ1) is 14.8. The van der Waals surface area contributed by atoms with Crippen molar-refractivity contribution >= 4 is 29.1 Å². The Morgan fingerprint density at radius 3 is 2.22 bits per heavy atom. The number of nitro benzene ring substituents is 1. The lowest BCUT2D eigenvalue weighted by Gasteiger charge is -2.33. The van der Waals surface area contributed by atoms with Gasteiger partial charge in [-0.2, -0.15) is 0 Å². The van der Waals surface area contributed by atoms with Crippen LogP contribution in [-0.4, -0.2) is 23.3 Å². The van der Waals surface area contributed by atoms with Crippen LogP contribution in [0.5, 0.6) is 5.75 Å². The molecule has 8 nitrogen and oxygen atoms in total. The highest BCUT2D eigenvalue weighted by molar-refractivity contribution is 6.31. The zero-order chi connectivity index (χ0) is 24.1. The number of hydrogen-bond donors (Lipinski definition) is 2. The van der Waals surface area contributed by atoms with Crippen LogP contribution in [0.15, 0.2) is 42.5 Å². The van der Waals surface area contributed by atoms with Gasteiger partial charge in [0.2, 0.25) is 0 Å². The van der Waals surface area contributed by atoms with Gasteiger partial charge in [0.1, 0.15) is 11.3 Å². The number of hydrogen-bond acceptors (Lipinski definition) is 5. The fourth-order valence-corrected chi connectivity index (χ4v) is 3.82. The molecule has 0 radical (unpaired) electrons. The van der Waals surface area contributed by atoms with Crippen LogP contribution in [0, 0.1) is 15.5 Å². The van der Waals surface area contributed by atoms with Gasteiger partial charge in [-0.1, -0.05) is 58.4 Å². The molecule has 0 spiro atoms. The van der Waals surface area contributed by atoms with Crippen LogP contribution in [0.2, 0.25) is 5.02 Å². The lowest BCUT2D eigenvalue weighted by atomic mass is 9.72. The molecule has 0 aromatic heterocycles. The second kappa shape index (κ2) is 9.99. The molecule has 0 aliphatic carbocycles. The van der Waals surface area contributed by atoms with E-state index in [0.717, 1.165) is 12.5 Å². The molecule has 0 aliphatic heterocycles. The fraction of sp³-hybridized carbons (Fsp3) is 0.391. The number of rotatable bonds is 7. The van der Waals surface area contributed by atoms with Crippen LogP contribution in [0.4, 0.5) is 5.69 Å². The van der Waals surface area contributed by atoms with E-state index in [1.807, 2.05) is 12.1 Å². The third-order valence-electron chi connectivity index (χ3n) is 4.69. The van der Waals surface area contributed by atoms with Gasteiger partial charge in [-0.3, -0.25) is 30.6 Å². The normalized spacial score (nSPS) is 11.6. The van der Waals surface area contributed by atoms with Gasteiger partial charge in [0.15, 0.2) is 6.61 Å². The highest BCUT2D eigenvalue weighted by Crippen LogP contribution is 2.36. The molecule has 0 saturated heterocycles. The Bertz CT molecular complexity index is 998. The minimum atomic E-state index is -0.841. The second-order valence-electron chi connectivity index (χ2n) is 9.36. The number of amides is 2. The Kier molecular flexibility index (Phi) is 7.85. The first-order valence-electron chi connectivity index (χ1n) is 10.0. The maximum absolute atomic E-state index is 12.2. The van der Waals surface area contributed by atoms with Crippen molar-refractivity contribution in [3.63, 3.8) is 0 Å². The SMILES string of the molecule is CC(C)(C)CC(C)(C)c1ccc(OCC(=O)NNC(=O)c2ccc(Cl)cc2[N+](=O)[O-])cc1. The zero-order valence-corrected chi connectivity index (χ0v) is 19.6. The molecule has 172 valence electrons. The number of carbonyl (C=O) groups is 2. The molecule has 0 aliphatic rings. The van der Waals surface area contributed by atoms with Crippen LogP contribution in [0.1, 0.15) is 57.0 Å². The number of carbonyl (C=O) groups excluding carboxylic acids is 2. The summed E-state index contributed by atoms with van der Waals surface area (Å²) in [5.41, 5.74) is 4.96. The van der Waals surface area contributed by atoms with Gasteiger partial charge < -0.3 is 4.74 Å². The maximum atomic E-state index is 12.2. The molecule has 2 amide bonds. The van der Waals surface area contributed by atoms with Crippen molar-refractivity contribution in [2.24, 2.45) is 5.41 Å². The van der Waals surface area contributed by atoms with Crippen LogP contribution < -0.4 is 15.6 Å². The molecule has 2 aromatic rings. The van der Waals surface area contributed by atoms with Crippen molar-refractivity contribution in [3.05, 3.63) is 68.7 Å².